The summed E-state index contributed by atoms with van der Waals surface area (Å²) < 4.78 is 2.23. The SMILES string of the molecule is C=C/C=c1/ncn(CC2CCCC(CN3C=NC4CCCCC43)C2)c1=C. The van der Waals surface area contributed by atoms with Crippen molar-refractivity contribution < 1.29 is 0 Å². The van der Waals surface area contributed by atoms with Crippen LogP contribution in [0.25, 0.3) is 12.7 Å². The van der Waals surface area contributed by atoms with E-state index in [1.165, 1.54) is 57.9 Å². The number of imidazole rings is 1. The van der Waals surface area contributed by atoms with Gasteiger partial charge in [-0.1, -0.05) is 38.5 Å². The van der Waals surface area contributed by atoms with Crippen LogP contribution in [0.5, 0.6) is 0 Å². The zero-order valence-corrected chi connectivity index (χ0v) is 15.9. The van der Waals surface area contributed by atoms with Gasteiger partial charge < -0.3 is 9.47 Å². The zero-order valence-electron chi connectivity index (χ0n) is 15.9. The molecular formula is C22H32N4. The van der Waals surface area contributed by atoms with Crippen molar-refractivity contribution in [3.63, 3.8) is 0 Å². The fourth-order valence-electron chi connectivity index (χ4n) is 5.23. The van der Waals surface area contributed by atoms with Gasteiger partial charge in [0.15, 0.2) is 0 Å². The van der Waals surface area contributed by atoms with Gasteiger partial charge in [0.2, 0.25) is 0 Å². The molecule has 0 saturated heterocycles. The molecule has 0 radical (unpaired) electrons. The lowest BCUT2D eigenvalue weighted by Gasteiger charge is -2.36. The topological polar surface area (TPSA) is 33.4 Å². The Kier molecular flexibility index (Phi) is 5.28. The number of rotatable bonds is 5. The smallest absolute Gasteiger partial charge is 0.0958 e. The molecule has 4 heteroatoms. The van der Waals surface area contributed by atoms with Crippen molar-refractivity contribution in [3.05, 3.63) is 29.7 Å². The maximum Gasteiger partial charge on any atom is 0.0958 e. The van der Waals surface area contributed by atoms with Crippen molar-refractivity contribution in [3.8, 4) is 0 Å². The maximum atomic E-state index is 4.79. The average Bonchev–Trinajstić information content (AvgIpc) is 3.21. The summed E-state index contributed by atoms with van der Waals surface area (Å²) in [5, 5.41) is 1.97. The van der Waals surface area contributed by atoms with Crippen LogP contribution in [0.1, 0.15) is 51.4 Å². The monoisotopic (exact) mass is 352 g/mol. The largest absolute Gasteiger partial charge is 0.358 e. The Hall–Kier alpha value is -1.84. The highest BCUT2D eigenvalue weighted by Crippen LogP contribution is 2.34. The molecule has 4 rings (SSSR count). The zero-order chi connectivity index (χ0) is 17.9. The number of aliphatic imine (C=N–C) groups is 1. The Bertz CT molecular complexity index is 762. The molecule has 4 unspecified atom stereocenters. The number of hydrogen-bond acceptors (Lipinski definition) is 3. The first-order valence-electron chi connectivity index (χ1n) is 10.4. The second kappa shape index (κ2) is 7.81. The van der Waals surface area contributed by atoms with Crippen molar-refractivity contribution >= 4 is 19.0 Å². The van der Waals surface area contributed by atoms with Gasteiger partial charge in [0.1, 0.15) is 0 Å². The Balaban J connectivity index is 1.36. The maximum absolute atomic E-state index is 4.79. The minimum absolute atomic E-state index is 0.586. The van der Waals surface area contributed by atoms with E-state index in [1.807, 2.05) is 12.4 Å². The summed E-state index contributed by atoms with van der Waals surface area (Å²) in [7, 11) is 0. The van der Waals surface area contributed by atoms with Gasteiger partial charge in [0, 0.05) is 13.1 Å². The van der Waals surface area contributed by atoms with E-state index in [0.717, 1.165) is 29.1 Å². The van der Waals surface area contributed by atoms with E-state index in [9.17, 15) is 0 Å². The van der Waals surface area contributed by atoms with E-state index in [1.54, 1.807) is 6.08 Å². The highest BCUT2D eigenvalue weighted by atomic mass is 15.3. The van der Waals surface area contributed by atoms with Gasteiger partial charge in [-0.15, -0.1) is 0 Å². The molecule has 2 heterocycles. The van der Waals surface area contributed by atoms with Crippen LogP contribution in [-0.2, 0) is 6.54 Å². The lowest BCUT2D eigenvalue weighted by Crippen LogP contribution is -2.42. The van der Waals surface area contributed by atoms with Gasteiger partial charge in [0.05, 0.1) is 35.4 Å². The van der Waals surface area contributed by atoms with Gasteiger partial charge in [-0.3, -0.25) is 4.99 Å². The number of hydrogen-bond donors (Lipinski definition) is 0. The third kappa shape index (κ3) is 3.65. The molecule has 0 aromatic carbocycles. The van der Waals surface area contributed by atoms with Gasteiger partial charge >= 0.3 is 0 Å². The minimum atomic E-state index is 0.586. The summed E-state index contributed by atoms with van der Waals surface area (Å²) in [5.74, 6) is 1.54. The van der Waals surface area contributed by atoms with Gasteiger partial charge in [-0.25, -0.2) is 4.98 Å². The van der Waals surface area contributed by atoms with E-state index >= 15 is 0 Å². The second-order valence-corrected chi connectivity index (χ2v) is 8.41. The fourth-order valence-corrected chi connectivity index (χ4v) is 5.23. The molecule has 140 valence electrons. The molecule has 1 aromatic rings. The van der Waals surface area contributed by atoms with Crippen LogP contribution in [0, 0.1) is 11.8 Å². The number of nitrogens with zero attached hydrogens (tertiary/aromatic N) is 4. The van der Waals surface area contributed by atoms with E-state index in [2.05, 4.69) is 33.9 Å². The fraction of sp³-hybridized carbons (Fsp3) is 0.636. The predicted octanol–water partition coefficient (Wildman–Crippen LogP) is 2.72. The van der Waals surface area contributed by atoms with Crippen molar-refractivity contribution in [1.29, 1.82) is 0 Å². The first-order valence-corrected chi connectivity index (χ1v) is 10.4. The van der Waals surface area contributed by atoms with Gasteiger partial charge in [-0.05, 0) is 50.0 Å². The molecule has 4 atom stereocenters. The first-order chi connectivity index (χ1) is 12.7. The van der Waals surface area contributed by atoms with Crippen LogP contribution in [0.3, 0.4) is 0 Å². The lowest BCUT2D eigenvalue weighted by atomic mass is 9.80. The van der Waals surface area contributed by atoms with Crippen molar-refractivity contribution in [2.24, 2.45) is 16.8 Å². The molecule has 0 amide bonds. The Morgan fingerprint density at radius 3 is 2.73 bits per heavy atom. The van der Waals surface area contributed by atoms with Crippen LogP contribution in [0.2, 0.25) is 0 Å². The lowest BCUT2D eigenvalue weighted by molar-refractivity contribution is 0.172. The minimum Gasteiger partial charge on any atom is -0.358 e. The Morgan fingerprint density at radius 2 is 1.88 bits per heavy atom. The van der Waals surface area contributed by atoms with Crippen molar-refractivity contribution in [1.82, 2.24) is 14.5 Å². The van der Waals surface area contributed by atoms with Crippen LogP contribution in [-0.4, -0.2) is 39.4 Å². The standard InChI is InChI=1S/C22H32N4/c1-3-7-20-17(2)25(15-23-20)13-18-8-6-9-19(12-18)14-26-16-24-21-10-4-5-11-22(21)26/h3,7,15-16,18-19,21-22H,1-2,4-6,8-14H2/b20-7+. The number of aromatic nitrogens is 2. The Morgan fingerprint density at radius 1 is 1.08 bits per heavy atom. The van der Waals surface area contributed by atoms with E-state index in [-0.39, 0.29) is 0 Å². The van der Waals surface area contributed by atoms with Gasteiger partial charge in [0.25, 0.3) is 0 Å². The molecule has 2 aliphatic carbocycles. The van der Waals surface area contributed by atoms with E-state index < -0.39 is 0 Å². The molecule has 2 fully saturated rings. The highest BCUT2D eigenvalue weighted by molar-refractivity contribution is 5.59. The normalized spacial score (nSPS) is 32.0. The molecule has 1 aromatic heterocycles. The number of fused-ring (bicyclic) bond motifs is 1. The summed E-state index contributed by atoms with van der Waals surface area (Å²) in [6.07, 6.45) is 18.6. The van der Waals surface area contributed by atoms with Crippen molar-refractivity contribution in [2.75, 3.05) is 6.54 Å². The highest BCUT2D eigenvalue weighted by Gasteiger charge is 2.34. The quantitative estimate of drug-likeness (QED) is 0.816. The summed E-state index contributed by atoms with van der Waals surface area (Å²) in [5.41, 5.74) is 0. The third-order valence-corrected chi connectivity index (χ3v) is 6.60. The third-order valence-electron chi connectivity index (χ3n) is 6.60. The molecular weight excluding hydrogens is 320 g/mol. The number of allylic oxidation sites excluding steroid dienone is 1. The molecule has 26 heavy (non-hydrogen) atoms. The molecule has 0 N–H and O–H groups in total. The van der Waals surface area contributed by atoms with E-state index in [0.29, 0.717) is 12.1 Å². The summed E-state index contributed by atoms with van der Waals surface area (Å²) in [6.45, 7) is 10.2. The molecule has 1 aliphatic heterocycles. The molecule has 2 saturated carbocycles. The summed E-state index contributed by atoms with van der Waals surface area (Å²) in [6, 6.07) is 1.28. The molecule has 0 spiro atoms. The molecule has 3 aliphatic rings. The van der Waals surface area contributed by atoms with E-state index in [4.69, 9.17) is 4.99 Å². The van der Waals surface area contributed by atoms with Crippen LogP contribution in [0.15, 0.2) is 24.0 Å². The predicted molar refractivity (Wildman–Crippen MR) is 108 cm³/mol. The van der Waals surface area contributed by atoms with Gasteiger partial charge in [-0.2, -0.15) is 0 Å². The summed E-state index contributed by atoms with van der Waals surface area (Å²) >= 11 is 0. The Labute approximate surface area is 157 Å². The average molecular weight is 353 g/mol. The molecule has 4 nitrogen and oxygen atoms in total. The molecule has 0 bridgehead atoms. The second-order valence-electron chi connectivity index (χ2n) is 8.41. The van der Waals surface area contributed by atoms with Crippen molar-refractivity contribution in [2.45, 2.75) is 70.0 Å². The summed E-state index contributed by atoms with van der Waals surface area (Å²) in [4.78, 5) is 11.8. The van der Waals surface area contributed by atoms with Crippen LogP contribution in [0.4, 0.5) is 0 Å². The van der Waals surface area contributed by atoms with Crippen LogP contribution >= 0.6 is 0 Å². The van der Waals surface area contributed by atoms with Crippen LogP contribution < -0.4 is 10.7 Å². The first kappa shape index (κ1) is 17.6.